The third-order valence-electron chi connectivity index (χ3n) is 3.85. The van der Waals surface area contributed by atoms with Crippen LogP contribution in [0.15, 0.2) is 36.4 Å². The molecule has 0 N–H and O–H groups in total. The summed E-state index contributed by atoms with van der Waals surface area (Å²) in [5.74, 6) is 1.58. The van der Waals surface area contributed by atoms with Crippen LogP contribution in [0.2, 0.25) is 0 Å². The monoisotopic (exact) mass is 342 g/mol. The lowest BCUT2D eigenvalue weighted by Crippen LogP contribution is -2.10. The molecule has 6 heteroatoms. The molecule has 6 nitrogen and oxygen atoms in total. The summed E-state index contributed by atoms with van der Waals surface area (Å²) in [5.41, 5.74) is 1.46. The number of ether oxygens (including phenoxy) is 4. The number of esters is 1. The maximum atomic E-state index is 12.1. The van der Waals surface area contributed by atoms with E-state index in [1.54, 1.807) is 18.2 Å². The zero-order chi connectivity index (χ0) is 17.8. The van der Waals surface area contributed by atoms with Gasteiger partial charge in [-0.25, -0.2) is 0 Å². The number of benzene rings is 2. The summed E-state index contributed by atoms with van der Waals surface area (Å²) in [7, 11) is 1.46. The summed E-state index contributed by atoms with van der Waals surface area (Å²) in [4.78, 5) is 23.5. The minimum absolute atomic E-state index is 0.0843. The molecule has 0 atom stereocenters. The zero-order valence-corrected chi connectivity index (χ0v) is 14.0. The highest BCUT2D eigenvalue weighted by Crippen LogP contribution is 2.33. The van der Waals surface area contributed by atoms with Crippen LogP contribution in [-0.2, 0) is 11.2 Å². The van der Waals surface area contributed by atoms with Crippen LogP contribution in [0.1, 0.15) is 29.3 Å². The van der Waals surface area contributed by atoms with Crippen molar-refractivity contribution in [1.29, 1.82) is 0 Å². The molecule has 130 valence electrons. The molecule has 0 spiro atoms. The normalized spacial score (nSPS) is 11.9. The van der Waals surface area contributed by atoms with Gasteiger partial charge in [0.15, 0.2) is 28.8 Å². The van der Waals surface area contributed by atoms with Crippen molar-refractivity contribution in [3.63, 3.8) is 0 Å². The first-order valence-corrected chi connectivity index (χ1v) is 7.85. The topological polar surface area (TPSA) is 71.1 Å². The molecule has 2 aromatic rings. The number of carbonyl (C=O) groups is 2. The van der Waals surface area contributed by atoms with Gasteiger partial charge in [0.1, 0.15) is 0 Å². The quantitative estimate of drug-likeness (QED) is 0.456. The highest BCUT2D eigenvalue weighted by molar-refractivity contribution is 5.94. The third-order valence-corrected chi connectivity index (χ3v) is 3.85. The van der Waals surface area contributed by atoms with Crippen molar-refractivity contribution >= 4 is 11.8 Å². The average molecular weight is 342 g/mol. The van der Waals surface area contributed by atoms with Crippen molar-refractivity contribution < 1.29 is 28.5 Å². The SMILES string of the molecule is COc1cc(C(C)=O)ccc1OC(=O)CCc1ccc2c(c1)OCO2. The Labute approximate surface area is 145 Å². The van der Waals surface area contributed by atoms with Crippen molar-refractivity contribution in [3.05, 3.63) is 47.5 Å². The lowest BCUT2D eigenvalue weighted by Gasteiger charge is -2.10. The highest BCUT2D eigenvalue weighted by Gasteiger charge is 2.15. The molecule has 0 bridgehead atoms. The van der Waals surface area contributed by atoms with E-state index in [2.05, 4.69) is 0 Å². The van der Waals surface area contributed by atoms with E-state index in [-0.39, 0.29) is 25.0 Å². The summed E-state index contributed by atoms with van der Waals surface area (Å²) in [6.07, 6.45) is 0.723. The maximum Gasteiger partial charge on any atom is 0.311 e. The Morgan fingerprint density at radius 3 is 2.60 bits per heavy atom. The highest BCUT2D eigenvalue weighted by atomic mass is 16.7. The summed E-state index contributed by atoms with van der Waals surface area (Å²) in [5, 5.41) is 0. The van der Waals surface area contributed by atoms with Crippen LogP contribution in [-0.4, -0.2) is 25.7 Å². The molecule has 1 aliphatic rings. The van der Waals surface area contributed by atoms with E-state index < -0.39 is 0 Å². The van der Waals surface area contributed by atoms with Crippen LogP contribution in [0.25, 0.3) is 0 Å². The molecular formula is C19H18O6. The predicted molar refractivity (Wildman–Crippen MR) is 89.5 cm³/mol. The smallest absolute Gasteiger partial charge is 0.311 e. The largest absolute Gasteiger partial charge is 0.493 e. The second-order valence-corrected chi connectivity index (χ2v) is 5.58. The Bertz CT molecular complexity index is 812. The molecule has 0 fully saturated rings. The van der Waals surface area contributed by atoms with Gasteiger partial charge in [0.05, 0.1) is 7.11 Å². The van der Waals surface area contributed by atoms with Crippen molar-refractivity contribution in [2.45, 2.75) is 19.8 Å². The van der Waals surface area contributed by atoms with Crippen LogP contribution in [0.5, 0.6) is 23.0 Å². The van der Waals surface area contributed by atoms with Gasteiger partial charge in [-0.05, 0) is 49.2 Å². The number of rotatable bonds is 6. The Balaban J connectivity index is 1.62. The van der Waals surface area contributed by atoms with Crippen LogP contribution in [0.4, 0.5) is 0 Å². The van der Waals surface area contributed by atoms with Crippen LogP contribution < -0.4 is 18.9 Å². The first-order chi connectivity index (χ1) is 12.1. The van der Waals surface area contributed by atoms with Gasteiger partial charge < -0.3 is 18.9 Å². The van der Waals surface area contributed by atoms with Crippen LogP contribution >= 0.6 is 0 Å². The van der Waals surface area contributed by atoms with Gasteiger partial charge in [0.2, 0.25) is 6.79 Å². The number of Topliss-reactive ketones (excluding diaryl/α,β-unsaturated/α-hetero) is 1. The summed E-state index contributed by atoms with van der Waals surface area (Å²) < 4.78 is 21.1. The molecule has 3 rings (SSSR count). The zero-order valence-electron chi connectivity index (χ0n) is 14.0. The van der Waals surface area contributed by atoms with Gasteiger partial charge in [-0.15, -0.1) is 0 Å². The van der Waals surface area contributed by atoms with E-state index in [1.807, 2.05) is 18.2 Å². The average Bonchev–Trinajstić information content (AvgIpc) is 3.07. The fourth-order valence-corrected chi connectivity index (χ4v) is 2.49. The minimum Gasteiger partial charge on any atom is -0.493 e. The Kier molecular flexibility index (Phi) is 4.88. The maximum absolute atomic E-state index is 12.1. The molecule has 25 heavy (non-hydrogen) atoms. The van der Waals surface area contributed by atoms with Gasteiger partial charge in [-0.1, -0.05) is 6.07 Å². The lowest BCUT2D eigenvalue weighted by atomic mass is 10.1. The number of aryl methyl sites for hydroxylation is 1. The predicted octanol–water partition coefficient (Wildman–Crippen LogP) is 3.16. The Hall–Kier alpha value is -3.02. The second kappa shape index (κ2) is 7.25. The number of ketones is 1. The number of fused-ring (bicyclic) bond motifs is 1. The molecule has 0 aliphatic carbocycles. The first-order valence-electron chi connectivity index (χ1n) is 7.85. The molecule has 0 radical (unpaired) electrons. The van der Waals surface area contributed by atoms with Crippen LogP contribution in [0, 0.1) is 0 Å². The molecule has 1 heterocycles. The van der Waals surface area contributed by atoms with Crippen LogP contribution in [0.3, 0.4) is 0 Å². The Morgan fingerprint density at radius 1 is 1.04 bits per heavy atom. The second-order valence-electron chi connectivity index (χ2n) is 5.58. The molecule has 0 unspecified atom stereocenters. The van der Waals surface area contributed by atoms with Gasteiger partial charge in [0, 0.05) is 12.0 Å². The summed E-state index contributed by atoms with van der Waals surface area (Å²) in [6.45, 7) is 1.68. The molecular weight excluding hydrogens is 324 g/mol. The van der Waals surface area contributed by atoms with E-state index in [4.69, 9.17) is 18.9 Å². The van der Waals surface area contributed by atoms with Gasteiger partial charge in [0.25, 0.3) is 0 Å². The number of hydrogen-bond acceptors (Lipinski definition) is 6. The summed E-state index contributed by atoms with van der Waals surface area (Å²) in [6, 6.07) is 10.3. The first kappa shape index (κ1) is 16.8. The third kappa shape index (κ3) is 3.91. The molecule has 0 saturated heterocycles. The van der Waals surface area contributed by atoms with Crippen molar-refractivity contribution in [2.24, 2.45) is 0 Å². The van der Waals surface area contributed by atoms with Crippen molar-refractivity contribution in [1.82, 2.24) is 0 Å². The van der Waals surface area contributed by atoms with Crippen molar-refractivity contribution in [3.8, 4) is 23.0 Å². The lowest BCUT2D eigenvalue weighted by molar-refractivity contribution is -0.134. The van der Waals surface area contributed by atoms with E-state index in [9.17, 15) is 9.59 Å². The number of hydrogen-bond donors (Lipinski definition) is 0. The molecule has 0 aromatic heterocycles. The number of carbonyl (C=O) groups excluding carboxylic acids is 2. The van der Waals surface area contributed by atoms with E-state index in [0.717, 1.165) is 5.56 Å². The van der Waals surface area contributed by atoms with Gasteiger partial charge >= 0.3 is 5.97 Å². The summed E-state index contributed by atoms with van der Waals surface area (Å²) >= 11 is 0. The number of methoxy groups -OCH3 is 1. The molecule has 1 aliphatic heterocycles. The fraction of sp³-hybridized carbons (Fsp3) is 0.263. The fourth-order valence-electron chi connectivity index (χ4n) is 2.49. The van der Waals surface area contributed by atoms with E-state index in [0.29, 0.717) is 35.0 Å². The molecule has 0 amide bonds. The van der Waals surface area contributed by atoms with E-state index >= 15 is 0 Å². The minimum atomic E-state index is -0.383. The molecule has 0 saturated carbocycles. The van der Waals surface area contributed by atoms with Crippen molar-refractivity contribution in [2.75, 3.05) is 13.9 Å². The van der Waals surface area contributed by atoms with Gasteiger partial charge in [-0.3, -0.25) is 9.59 Å². The Morgan fingerprint density at radius 2 is 1.84 bits per heavy atom. The standard InChI is InChI=1S/C19H18O6/c1-12(20)14-5-7-16(17(10-14)22-2)25-19(21)8-4-13-3-6-15-18(9-13)24-11-23-15/h3,5-7,9-10H,4,8,11H2,1-2H3. The van der Waals surface area contributed by atoms with E-state index in [1.165, 1.54) is 14.0 Å². The van der Waals surface area contributed by atoms with Gasteiger partial charge in [-0.2, -0.15) is 0 Å². The molecule has 2 aromatic carbocycles.